The Labute approximate surface area is 176 Å². The lowest BCUT2D eigenvalue weighted by atomic mass is 10.1. The topological polar surface area (TPSA) is 127 Å². The fourth-order valence-corrected chi connectivity index (χ4v) is 2.95. The Morgan fingerprint density at radius 1 is 1.06 bits per heavy atom. The average Bonchev–Trinajstić information content (AvgIpc) is 3.19. The van der Waals surface area contributed by atoms with E-state index in [1.807, 2.05) is 6.07 Å². The van der Waals surface area contributed by atoms with Crippen LogP contribution in [0.1, 0.15) is 22.1 Å². The van der Waals surface area contributed by atoms with Crippen molar-refractivity contribution in [1.29, 1.82) is 0 Å². The van der Waals surface area contributed by atoms with Gasteiger partial charge in [0.05, 0.1) is 0 Å². The smallest absolute Gasteiger partial charge is 0.330 e. The van der Waals surface area contributed by atoms with Crippen LogP contribution in [0.4, 0.5) is 6.01 Å². The molecule has 9 nitrogen and oxygen atoms in total. The first-order valence-corrected chi connectivity index (χ1v) is 9.34. The number of carboxylic acids is 1. The summed E-state index contributed by atoms with van der Waals surface area (Å²) in [5.41, 5.74) is 1.75. The third kappa shape index (κ3) is 4.45. The maximum absolute atomic E-state index is 11.7. The van der Waals surface area contributed by atoms with Crippen molar-refractivity contribution in [3.05, 3.63) is 78.1 Å². The van der Waals surface area contributed by atoms with Gasteiger partial charge in [-0.2, -0.15) is 4.98 Å². The second kappa shape index (κ2) is 8.54. The van der Waals surface area contributed by atoms with Crippen LogP contribution in [-0.2, 0) is 4.79 Å². The van der Waals surface area contributed by atoms with Crippen LogP contribution >= 0.6 is 0 Å². The number of rotatable bonds is 7. The number of anilines is 1. The summed E-state index contributed by atoms with van der Waals surface area (Å²) in [7, 11) is 1.52. The lowest BCUT2D eigenvalue weighted by Gasteiger charge is -2.12. The van der Waals surface area contributed by atoms with Crippen LogP contribution in [0.15, 0.2) is 71.3 Å². The van der Waals surface area contributed by atoms with Gasteiger partial charge in [0.25, 0.3) is 11.9 Å². The SMILES string of the molecule is CNC(=O)c1cc(Oc2ccc3nc(N[C@H](C(=O)O)c4ccccc4)oc3c2)ccn1. The number of aromatic nitrogens is 2. The molecule has 0 aliphatic rings. The summed E-state index contributed by atoms with van der Waals surface area (Å²) in [5, 5.41) is 14.9. The molecule has 0 saturated carbocycles. The van der Waals surface area contributed by atoms with Gasteiger partial charge in [0.2, 0.25) is 0 Å². The molecule has 1 amide bonds. The number of amides is 1. The number of nitrogens with zero attached hydrogens (tertiary/aromatic N) is 2. The van der Waals surface area contributed by atoms with Gasteiger partial charge < -0.3 is 24.9 Å². The zero-order valence-corrected chi connectivity index (χ0v) is 16.4. The van der Waals surface area contributed by atoms with Gasteiger partial charge in [0.15, 0.2) is 11.6 Å². The molecule has 0 saturated heterocycles. The maximum Gasteiger partial charge on any atom is 0.330 e. The molecule has 0 unspecified atom stereocenters. The molecule has 2 aromatic heterocycles. The monoisotopic (exact) mass is 418 g/mol. The summed E-state index contributed by atoms with van der Waals surface area (Å²) in [6.07, 6.45) is 1.48. The van der Waals surface area contributed by atoms with E-state index in [2.05, 4.69) is 20.6 Å². The number of pyridine rings is 1. The van der Waals surface area contributed by atoms with E-state index in [-0.39, 0.29) is 17.6 Å². The number of hydrogen-bond acceptors (Lipinski definition) is 7. The Bertz CT molecular complexity index is 1240. The fraction of sp³-hybridized carbons (Fsp3) is 0.0909. The standard InChI is InChI=1S/C22H18N4O5/c1-23-20(27)17-11-15(9-10-24-17)30-14-7-8-16-18(12-14)31-22(25-16)26-19(21(28)29)13-5-3-2-4-6-13/h2-12,19H,1H3,(H,23,27)(H,25,26)(H,28,29)/t19-/m0/s1. The molecule has 0 aliphatic carbocycles. The molecule has 2 aromatic carbocycles. The van der Waals surface area contributed by atoms with Crippen LogP contribution in [0.2, 0.25) is 0 Å². The highest BCUT2D eigenvalue weighted by Gasteiger charge is 2.22. The van der Waals surface area contributed by atoms with Crippen molar-refractivity contribution in [3.63, 3.8) is 0 Å². The van der Waals surface area contributed by atoms with Crippen molar-refractivity contribution in [2.45, 2.75) is 6.04 Å². The Hall–Kier alpha value is -4.40. The number of nitrogens with one attached hydrogen (secondary N) is 2. The Morgan fingerprint density at radius 3 is 2.58 bits per heavy atom. The van der Waals surface area contributed by atoms with Crippen molar-refractivity contribution in [2.75, 3.05) is 12.4 Å². The first kappa shape index (κ1) is 19.9. The van der Waals surface area contributed by atoms with Crippen LogP contribution in [0.5, 0.6) is 11.5 Å². The second-order valence-electron chi connectivity index (χ2n) is 6.53. The lowest BCUT2D eigenvalue weighted by molar-refractivity contribution is -0.138. The van der Waals surface area contributed by atoms with Gasteiger partial charge in [-0.25, -0.2) is 4.79 Å². The number of ether oxygens (including phenoxy) is 1. The van der Waals surface area contributed by atoms with Crippen molar-refractivity contribution in [2.24, 2.45) is 0 Å². The molecular formula is C22H18N4O5. The molecule has 4 aromatic rings. The van der Waals surface area contributed by atoms with Crippen molar-refractivity contribution in [3.8, 4) is 11.5 Å². The minimum Gasteiger partial charge on any atom is -0.479 e. The molecule has 2 heterocycles. The van der Waals surface area contributed by atoms with E-state index in [0.29, 0.717) is 28.2 Å². The number of aliphatic carboxylic acids is 1. The van der Waals surface area contributed by atoms with E-state index >= 15 is 0 Å². The molecule has 156 valence electrons. The lowest BCUT2D eigenvalue weighted by Crippen LogP contribution is -2.20. The number of carbonyl (C=O) groups excluding carboxylic acids is 1. The molecule has 4 rings (SSSR count). The summed E-state index contributed by atoms with van der Waals surface area (Å²) in [4.78, 5) is 31.7. The molecule has 1 atom stereocenters. The maximum atomic E-state index is 11.7. The molecule has 0 aliphatic heterocycles. The van der Waals surface area contributed by atoms with Crippen molar-refractivity contribution >= 4 is 29.0 Å². The van der Waals surface area contributed by atoms with Gasteiger partial charge in [-0.3, -0.25) is 9.78 Å². The number of benzene rings is 2. The highest BCUT2D eigenvalue weighted by atomic mass is 16.5. The summed E-state index contributed by atoms with van der Waals surface area (Å²) in [6.45, 7) is 0. The summed E-state index contributed by atoms with van der Waals surface area (Å²) in [6, 6.07) is 16.0. The van der Waals surface area contributed by atoms with Gasteiger partial charge in [-0.1, -0.05) is 30.3 Å². The highest BCUT2D eigenvalue weighted by molar-refractivity contribution is 5.92. The number of fused-ring (bicyclic) bond motifs is 1. The van der Waals surface area contributed by atoms with Crippen LogP contribution in [-0.4, -0.2) is 34.0 Å². The van der Waals surface area contributed by atoms with E-state index in [1.165, 1.54) is 19.3 Å². The zero-order chi connectivity index (χ0) is 21.8. The summed E-state index contributed by atoms with van der Waals surface area (Å²) < 4.78 is 11.5. The molecule has 9 heteroatoms. The first-order valence-electron chi connectivity index (χ1n) is 9.34. The Balaban J connectivity index is 1.56. The van der Waals surface area contributed by atoms with Crippen LogP contribution in [0.3, 0.4) is 0 Å². The number of carbonyl (C=O) groups is 2. The minimum absolute atomic E-state index is 0.0780. The summed E-state index contributed by atoms with van der Waals surface area (Å²) >= 11 is 0. The van der Waals surface area contributed by atoms with Gasteiger partial charge in [0, 0.05) is 25.4 Å². The first-order chi connectivity index (χ1) is 15.0. The Morgan fingerprint density at radius 2 is 1.84 bits per heavy atom. The van der Waals surface area contributed by atoms with Gasteiger partial charge in [-0.15, -0.1) is 0 Å². The highest BCUT2D eigenvalue weighted by Crippen LogP contribution is 2.29. The van der Waals surface area contributed by atoms with Gasteiger partial charge >= 0.3 is 5.97 Å². The largest absolute Gasteiger partial charge is 0.479 e. The van der Waals surface area contributed by atoms with Crippen LogP contribution in [0, 0.1) is 0 Å². The van der Waals surface area contributed by atoms with Crippen LogP contribution in [0.25, 0.3) is 11.1 Å². The van der Waals surface area contributed by atoms with E-state index in [9.17, 15) is 14.7 Å². The van der Waals surface area contributed by atoms with Crippen molar-refractivity contribution in [1.82, 2.24) is 15.3 Å². The van der Waals surface area contributed by atoms with E-state index in [4.69, 9.17) is 9.15 Å². The molecule has 0 spiro atoms. The zero-order valence-electron chi connectivity index (χ0n) is 16.4. The predicted octanol–water partition coefficient (Wildman–Crippen LogP) is 3.61. The van der Waals surface area contributed by atoms with E-state index in [1.54, 1.807) is 48.5 Å². The molecule has 0 bridgehead atoms. The van der Waals surface area contributed by atoms with Crippen LogP contribution < -0.4 is 15.4 Å². The third-order valence-corrected chi connectivity index (χ3v) is 4.43. The quantitative estimate of drug-likeness (QED) is 0.415. The predicted molar refractivity (Wildman–Crippen MR) is 112 cm³/mol. The molecule has 3 N–H and O–H groups in total. The third-order valence-electron chi connectivity index (χ3n) is 4.43. The molecule has 0 fully saturated rings. The number of oxazole rings is 1. The molecule has 0 radical (unpaired) electrons. The minimum atomic E-state index is -1.05. The van der Waals surface area contributed by atoms with E-state index < -0.39 is 12.0 Å². The fourth-order valence-electron chi connectivity index (χ4n) is 2.95. The van der Waals surface area contributed by atoms with E-state index in [0.717, 1.165) is 0 Å². The van der Waals surface area contributed by atoms with Gasteiger partial charge in [0.1, 0.15) is 22.7 Å². The molecular weight excluding hydrogens is 400 g/mol. The molecule has 31 heavy (non-hydrogen) atoms. The summed E-state index contributed by atoms with van der Waals surface area (Å²) in [5.74, 6) is -0.483. The van der Waals surface area contributed by atoms with Gasteiger partial charge in [-0.05, 0) is 23.8 Å². The average molecular weight is 418 g/mol. The normalized spacial score (nSPS) is 11.6. The van der Waals surface area contributed by atoms with Crippen molar-refractivity contribution < 1.29 is 23.8 Å². The second-order valence-corrected chi connectivity index (χ2v) is 6.53. The number of hydrogen-bond donors (Lipinski definition) is 3. The number of carboxylic acid groups (broad SMARTS) is 1. The Kier molecular flexibility index (Phi) is 5.48.